The van der Waals surface area contributed by atoms with Crippen LogP contribution in [0.25, 0.3) is 10.9 Å². The molecule has 1 aromatic carbocycles. The lowest BCUT2D eigenvalue weighted by Gasteiger charge is -2.41. The normalized spacial score (nSPS) is 20.8. The molecule has 1 saturated heterocycles. The van der Waals surface area contributed by atoms with E-state index in [-0.39, 0.29) is 0 Å². The van der Waals surface area contributed by atoms with Crippen molar-refractivity contribution < 1.29 is 0 Å². The molecule has 1 aliphatic heterocycles. The van der Waals surface area contributed by atoms with Gasteiger partial charge >= 0.3 is 0 Å². The van der Waals surface area contributed by atoms with E-state index in [0.717, 1.165) is 6.54 Å². The van der Waals surface area contributed by atoms with Crippen LogP contribution in [0.1, 0.15) is 50.3 Å². The first kappa shape index (κ1) is 17.5. The van der Waals surface area contributed by atoms with Crippen LogP contribution in [-0.4, -0.2) is 35.1 Å². The number of likely N-dealkylation sites (tertiary alicyclic amines) is 1. The lowest BCUT2D eigenvalue weighted by molar-refractivity contribution is 0.112. The van der Waals surface area contributed by atoms with Crippen LogP contribution in [0, 0.1) is 12.8 Å². The molecule has 2 N–H and O–H groups in total. The summed E-state index contributed by atoms with van der Waals surface area (Å²) >= 11 is 0. The lowest BCUT2D eigenvalue weighted by Crippen LogP contribution is -2.46. The van der Waals surface area contributed by atoms with Gasteiger partial charge in [-0.05, 0) is 43.9 Å². The number of rotatable bonds is 5. The third-order valence-electron chi connectivity index (χ3n) is 5.80. The van der Waals surface area contributed by atoms with E-state index in [1.807, 2.05) is 0 Å². The molecule has 3 rings (SSSR count). The Kier molecular flexibility index (Phi) is 5.31. The number of para-hydroxylation sites is 1. The van der Waals surface area contributed by atoms with E-state index in [4.69, 9.17) is 5.73 Å². The molecule has 1 aromatic heterocycles. The van der Waals surface area contributed by atoms with Gasteiger partial charge < -0.3 is 10.3 Å². The van der Waals surface area contributed by atoms with Gasteiger partial charge in [-0.2, -0.15) is 0 Å². The minimum atomic E-state index is 0.426. The van der Waals surface area contributed by atoms with E-state index in [2.05, 4.69) is 61.6 Å². The summed E-state index contributed by atoms with van der Waals surface area (Å²) < 4.78 is 2.34. The Morgan fingerprint density at radius 1 is 1.21 bits per heavy atom. The zero-order chi connectivity index (χ0) is 17.3. The molecule has 0 radical (unpaired) electrons. The molecular weight excluding hydrogens is 294 g/mol. The van der Waals surface area contributed by atoms with Crippen molar-refractivity contribution in [1.82, 2.24) is 9.47 Å². The molecule has 0 spiro atoms. The summed E-state index contributed by atoms with van der Waals surface area (Å²) in [6.07, 6.45) is 3.94. The van der Waals surface area contributed by atoms with Gasteiger partial charge in [0.25, 0.3) is 0 Å². The van der Waals surface area contributed by atoms with Crippen molar-refractivity contribution in [3.05, 3.63) is 35.5 Å². The van der Waals surface area contributed by atoms with Crippen LogP contribution in [0.5, 0.6) is 0 Å². The fourth-order valence-electron chi connectivity index (χ4n) is 4.65. The van der Waals surface area contributed by atoms with Crippen molar-refractivity contribution in [3.63, 3.8) is 0 Å². The quantitative estimate of drug-likeness (QED) is 0.899. The summed E-state index contributed by atoms with van der Waals surface area (Å²) in [7, 11) is 2.18. The monoisotopic (exact) mass is 327 g/mol. The maximum atomic E-state index is 6.36. The molecule has 0 saturated carbocycles. The summed E-state index contributed by atoms with van der Waals surface area (Å²) in [6, 6.07) is 9.37. The number of nitrogens with zero attached hydrogens (tertiary/aromatic N) is 2. The van der Waals surface area contributed by atoms with Gasteiger partial charge in [0.1, 0.15) is 0 Å². The number of nitrogens with two attached hydrogens (primary N) is 1. The largest absolute Gasteiger partial charge is 0.348 e. The summed E-state index contributed by atoms with van der Waals surface area (Å²) in [6.45, 7) is 10.1. The molecule has 2 heterocycles. The Morgan fingerprint density at radius 3 is 2.67 bits per heavy atom. The maximum Gasteiger partial charge on any atom is 0.0482 e. The van der Waals surface area contributed by atoms with Gasteiger partial charge in [-0.25, -0.2) is 0 Å². The van der Waals surface area contributed by atoms with Crippen molar-refractivity contribution in [2.24, 2.45) is 18.7 Å². The molecule has 132 valence electrons. The highest BCUT2D eigenvalue weighted by Gasteiger charge is 2.33. The molecule has 1 aliphatic rings. The summed E-state index contributed by atoms with van der Waals surface area (Å²) in [5.41, 5.74) is 10.5. The van der Waals surface area contributed by atoms with Gasteiger partial charge in [-0.15, -0.1) is 0 Å². The third-order valence-corrected chi connectivity index (χ3v) is 5.80. The molecule has 1 fully saturated rings. The van der Waals surface area contributed by atoms with Crippen molar-refractivity contribution in [1.29, 1.82) is 0 Å². The first-order valence-corrected chi connectivity index (χ1v) is 9.52. The maximum absolute atomic E-state index is 6.36. The number of hydrogen-bond donors (Lipinski definition) is 1. The van der Waals surface area contributed by atoms with Gasteiger partial charge in [-0.1, -0.05) is 38.5 Å². The van der Waals surface area contributed by atoms with E-state index >= 15 is 0 Å². The van der Waals surface area contributed by atoms with E-state index in [0.29, 0.717) is 17.9 Å². The predicted octanol–water partition coefficient (Wildman–Crippen LogP) is 4.04. The standard InChI is InChI=1S/C21H33N3/c1-15(2)14-24-12-8-7-11-20(24)18(13-22)21-16(3)23(4)19-10-6-5-9-17(19)21/h5-6,9-10,15,18,20H,7-8,11-14,22H2,1-4H3. The van der Waals surface area contributed by atoms with Gasteiger partial charge in [0.2, 0.25) is 0 Å². The first-order valence-electron chi connectivity index (χ1n) is 9.52. The summed E-state index contributed by atoms with van der Waals surface area (Å²) in [5, 5.41) is 1.39. The molecule has 0 aliphatic carbocycles. The van der Waals surface area contributed by atoms with Crippen molar-refractivity contribution in [3.8, 4) is 0 Å². The highest BCUT2D eigenvalue weighted by Crippen LogP contribution is 2.37. The SMILES string of the molecule is Cc1c(C(CN)C2CCCCN2CC(C)C)c2ccccc2n1C. The number of hydrogen-bond acceptors (Lipinski definition) is 2. The Hall–Kier alpha value is -1.32. The van der Waals surface area contributed by atoms with Crippen molar-refractivity contribution in [2.75, 3.05) is 19.6 Å². The number of aryl methyl sites for hydroxylation is 1. The smallest absolute Gasteiger partial charge is 0.0482 e. The fraction of sp³-hybridized carbons (Fsp3) is 0.619. The average Bonchev–Trinajstić information content (AvgIpc) is 2.82. The molecule has 2 aromatic rings. The summed E-state index contributed by atoms with van der Waals surface area (Å²) in [4.78, 5) is 2.72. The molecule has 0 amide bonds. The Morgan fingerprint density at radius 2 is 1.96 bits per heavy atom. The van der Waals surface area contributed by atoms with E-state index in [1.165, 1.54) is 54.5 Å². The van der Waals surface area contributed by atoms with Gasteiger partial charge in [0.15, 0.2) is 0 Å². The molecule has 24 heavy (non-hydrogen) atoms. The van der Waals surface area contributed by atoms with Crippen LogP contribution in [0.4, 0.5) is 0 Å². The highest BCUT2D eigenvalue weighted by atomic mass is 15.2. The van der Waals surface area contributed by atoms with Crippen LogP contribution < -0.4 is 5.73 Å². The summed E-state index contributed by atoms with van der Waals surface area (Å²) in [5.74, 6) is 1.13. The van der Waals surface area contributed by atoms with Crippen molar-refractivity contribution >= 4 is 10.9 Å². The molecule has 3 heteroatoms. The predicted molar refractivity (Wildman–Crippen MR) is 104 cm³/mol. The van der Waals surface area contributed by atoms with Gasteiger partial charge in [-0.3, -0.25) is 4.90 Å². The fourth-order valence-corrected chi connectivity index (χ4v) is 4.65. The van der Waals surface area contributed by atoms with Crippen molar-refractivity contribution in [2.45, 2.75) is 52.0 Å². The second-order valence-corrected chi connectivity index (χ2v) is 7.87. The molecular formula is C21H33N3. The molecule has 3 nitrogen and oxygen atoms in total. The number of aromatic nitrogens is 1. The number of piperidine rings is 1. The zero-order valence-corrected chi connectivity index (χ0v) is 15.8. The van der Waals surface area contributed by atoms with Gasteiger partial charge in [0.05, 0.1) is 0 Å². The Bertz CT molecular complexity index is 686. The van der Waals surface area contributed by atoms with Gasteiger partial charge in [0, 0.05) is 48.7 Å². The Labute approximate surface area is 146 Å². The first-order chi connectivity index (χ1) is 11.5. The Balaban J connectivity index is 2.03. The van der Waals surface area contributed by atoms with Crippen LogP contribution in [0.3, 0.4) is 0 Å². The number of fused-ring (bicyclic) bond motifs is 1. The van der Waals surface area contributed by atoms with E-state index in [9.17, 15) is 0 Å². The number of benzene rings is 1. The second kappa shape index (κ2) is 7.28. The van der Waals surface area contributed by atoms with E-state index in [1.54, 1.807) is 0 Å². The van der Waals surface area contributed by atoms with E-state index < -0.39 is 0 Å². The minimum Gasteiger partial charge on any atom is -0.348 e. The molecule has 2 atom stereocenters. The topological polar surface area (TPSA) is 34.2 Å². The van der Waals surface area contributed by atoms with Crippen LogP contribution in [0.15, 0.2) is 24.3 Å². The average molecular weight is 328 g/mol. The highest BCUT2D eigenvalue weighted by molar-refractivity contribution is 5.86. The van der Waals surface area contributed by atoms with Crippen LogP contribution in [0.2, 0.25) is 0 Å². The second-order valence-electron chi connectivity index (χ2n) is 7.87. The minimum absolute atomic E-state index is 0.426. The molecule has 2 unspecified atom stereocenters. The third kappa shape index (κ3) is 3.12. The zero-order valence-electron chi connectivity index (χ0n) is 15.8. The molecule has 0 bridgehead atoms. The van der Waals surface area contributed by atoms with Crippen LogP contribution in [-0.2, 0) is 7.05 Å². The lowest BCUT2D eigenvalue weighted by atomic mass is 9.83. The van der Waals surface area contributed by atoms with Crippen LogP contribution >= 0.6 is 0 Å².